The minimum Gasteiger partial charge on any atom is -0.496 e. The van der Waals surface area contributed by atoms with Gasteiger partial charge in [-0.05, 0) is 50.8 Å². The number of halogens is 1. The average Bonchev–Trinajstić information content (AvgIpc) is 3.29. The van der Waals surface area contributed by atoms with Gasteiger partial charge in [-0.2, -0.15) is 5.10 Å². The largest absolute Gasteiger partial charge is 0.496 e. The third-order valence-corrected chi connectivity index (χ3v) is 6.61. The number of benzene rings is 1. The fraction of sp³-hybridized carbons (Fsp3) is 0.435. The molecular formula is C23H27BrN4O3. The maximum absolute atomic E-state index is 13.1. The SMILES string of the molecule is CCC1CCc2onc(C(=O)Nc3c(C)nn(Cc4cc(Br)ccc4OC)c3C)c2C1. The second-order valence-corrected chi connectivity index (χ2v) is 8.98. The van der Waals surface area contributed by atoms with Gasteiger partial charge in [0.2, 0.25) is 0 Å². The monoisotopic (exact) mass is 486 g/mol. The number of methoxy groups -OCH3 is 1. The molecule has 31 heavy (non-hydrogen) atoms. The van der Waals surface area contributed by atoms with E-state index in [-0.39, 0.29) is 5.91 Å². The maximum atomic E-state index is 13.1. The number of anilines is 1. The number of hydrogen-bond donors (Lipinski definition) is 1. The number of aryl methyl sites for hydroxylation is 2. The highest BCUT2D eigenvalue weighted by Gasteiger charge is 2.29. The number of amides is 1. The number of rotatable bonds is 6. The first kappa shape index (κ1) is 21.6. The molecule has 1 unspecified atom stereocenters. The van der Waals surface area contributed by atoms with Gasteiger partial charge >= 0.3 is 0 Å². The number of aromatic nitrogens is 3. The highest BCUT2D eigenvalue weighted by Crippen LogP contribution is 2.31. The number of nitrogens with zero attached hydrogens (tertiary/aromatic N) is 3. The van der Waals surface area contributed by atoms with E-state index in [0.29, 0.717) is 23.8 Å². The molecule has 1 amide bonds. The Morgan fingerprint density at radius 2 is 2.19 bits per heavy atom. The molecule has 1 atom stereocenters. The minimum atomic E-state index is -0.243. The van der Waals surface area contributed by atoms with E-state index in [0.717, 1.165) is 64.2 Å². The molecule has 4 rings (SSSR count). The molecule has 0 aliphatic heterocycles. The molecule has 7 nitrogen and oxygen atoms in total. The molecule has 2 heterocycles. The van der Waals surface area contributed by atoms with Gasteiger partial charge in [-0.3, -0.25) is 9.48 Å². The van der Waals surface area contributed by atoms with Crippen LogP contribution in [0, 0.1) is 19.8 Å². The Labute approximate surface area is 190 Å². The van der Waals surface area contributed by atoms with Crippen LogP contribution in [0.2, 0.25) is 0 Å². The van der Waals surface area contributed by atoms with Gasteiger partial charge in [0.05, 0.1) is 30.7 Å². The van der Waals surface area contributed by atoms with Crippen LogP contribution in [0.15, 0.2) is 27.2 Å². The molecule has 1 aliphatic rings. The number of carbonyl (C=O) groups is 1. The zero-order valence-corrected chi connectivity index (χ0v) is 19.9. The molecule has 0 radical (unpaired) electrons. The fourth-order valence-electron chi connectivity index (χ4n) is 4.24. The molecule has 0 saturated carbocycles. The summed E-state index contributed by atoms with van der Waals surface area (Å²) >= 11 is 3.51. The van der Waals surface area contributed by atoms with Crippen molar-refractivity contribution in [2.75, 3.05) is 12.4 Å². The highest BCUT2D eigenvalue weighted by atomic mass is 79.9. The molecular weight excluding hydrogens is 460 g/mol. The first-order chi connectivity index (χ1) is 14.9. The van der Waals surface area contributed by atoms with Crippen molar-refractivity contribution in [3.63, 3.8) is 0 Å². The number of hydrogen-bond acceptors (Lipinski definition) is 5. The van der Waals surface area contributed by atoms with Crippen molar-refractivity contribution < 1.29 is 14.1 Å². The summed E-state index contributed by atoms with van der Waals surface area (Å²) in [5.74, 6) is 1.97. The van der Waals surface area contributed by atoms with Gasteiger partial charge in [0, 0.05) is 22.0 Å². The van der Waals surface area contributed by atoms with Gasteiger partial charge in [0.1, 0.15) is 11.5 Å². The molecule has 3 aromatic rings. The Morgan fingerprint density at radius 1 is 1.39 bits per heavy atom. The first-order valence-corrected chi connectivity index (χ1v) is 11.4. The molecule has 0 spiro atoms. The summed E-state index contributed by atoms with van der Waals surface area (Å²) in [6.45, 7) is 6.56. The Bertz CT molecular complexity index is 1120. The Balaban J connectivity index is 1.57. The van der Waals surface area contributed by atoms with Gasteiger partial charge in [0.25, 0.3) is 5.91 Å². The second kappa shape index (κ2) is 8.86. The van der Waals surface area contributed by atoms with E-state index >= 15 is 0 Å². The Kier molecular flexibility index (Phi) is 6.18. The van der Waals surface area contributed by atoms with Gasteiger partial charge in [-0.15, -0.1) is 0 Å². The lowest BCUT2D eigenvalue weighted by Gasteiger charge is -2.19. The van der Waals surface area contributed by atoms with Crippen LogP contribution in [0.25, 0.3) is 0 Å². The molecule has 164 valence electrons. The topological polar surface area (TPSA) is 82.2 Å². The Morgan fingerprint density at radius 3 is 2.94 bits per heavy atom. The van der Waals surface area contributed by atoms with Crippen molar-refractivity contribution in [3.05, 3.63) is 56.6 Å². The number of ether oxygens (including phenoxy) is 1. The van der Waals surface area contributed by atoms with E-state index < -0.39 is 0 Å². The molecule has 0 fully saturated rings. The van der Waals surface area contributed by atoms with E-state index in [1.807, 2.05) is 36.7 Å². The van der Waals surface area contributed by atoms with Crippen LogP contribution >= 0.6 is 15.9 Å². The molecule has 1 aromatic carbocycles. The molecule has 0 bridgehead atoms. The standard InChI is InChI=1S/C23H27BrN4O3/c1-5-15-6-8-20-18(10-15)22(27-31-20)23(29)25-21-13(2)26-28(14(21)3)12-16-11-17(24)7-9-19(16)30-4/h7,9,11,15H,5-6,8,10,12H2,1-4H3,(H,25,29). The first-order valence-electron chi connectivity index (χ1n) is 10.6. The third-order valence-electron chi connectivity index (χ3n) is 6.12. The van der Waals surface area contributed by atoms with Crippen LogP contribution in [0.3, 0.4) is 0 Å². The minimum absolute atomic E-state index is 0.243. The van der Waals surface area contributed by atoms with Crippen molar-refractivity contribution in [1.29, 1.82) is 0 Å². The lowest BCUT2D eigenvalue weighted by molar-refractivity contribution is 0.101. The van der Waals surface area contributed by atoms with Gasteiger partial charge in [-0.1, -0.05) is 34.4 Å². The predicted octanol–water partition coefficient (Wildman–Crippen LogP) is 5.07. The van der Waals surface area contributed by atoms with Crippen molar-refractivity contribution in [2.45, 2.75) is 53.0 Å². The highest BCUT2D eigenvalue weighted by molar-refractivity contribution is 9.10. The summed E-state index contributed by atoms with van der Waals surface area (Å²) in [6.07, 6.45) is 3.87. The Hall–Kier alpha value is -2.61. The van der Waals surface area contributed by atoms with Crippen LogP contribution in [0.4, 0.5) is 5.69 Å². The van der Waals surface area contributed by atoms with Crippen LogP contribution in [0.5, 0.6) is 5.75 Å². The van der Waals surface area contributed by atoms with Crippen LogP contribution in [0.1, 0.15) is 58.5 Å². The number of carbonyl (C=O) groups excluding carboxylic acids is 1. The van der Waals surface area contributed by atoms with Gasteiger partial charge in [0.15, 0.2) is 5.69 Å². The molecule has 2 aromatic heterocycles. The van der Waals surface area contributed by atoms with E-state index in [4.69, 9.17) is 9.26 Å². The normalized spacial score (nSPS) is 15.6. The number of fused-ring (bicyclic) bond motifs is 1. The van der Waals surface area contributed by atoms with Crippen molar-refractivity contribution in [2.24, 2.45) is 5.92 Å². The van der Waals surface area contributed by atoms with E-state index in [1.54, 1.807) is 7.11 Å². The summed E-state index contributed by atoms with van der Waals surface area (Å²) in [7, 11) is 1.65. The summed E-state index contributed by atoms with van der Waals surface area (Å²) in [4.78, 5) is 13.1. The summed E-state index contributed by atoms with van der Waals surface area (Å²) in [5, 5.41) is 11.8. The van der Waals surface area contributed by atoms with Crippen molar-refractivity contribution in [1.82, 2.24) is 14.9 Å². The average molecular weight is 487 g/mol. The predicted molar refractivity (Wildman–Crippen MR) is 122 cm³/mol. The van der Waals surface area contributed by atoms with E-state index in [9.17, 15) is 4.79 Å². The lowest BCUT2D eigenvalue weighted by atomic mass is 9.85. The van der Waals surface area contributed by atoms with Crippen LogP contribution < -0.4 is 10.1 Å². The lowest BCUT2D eigenvalue weighted by Crippen LogP contribution is -2.19. The smallest absolute Gasteiger partial charge is 0.278 e. The molecule has 8 heteroatoms. The van der Waals surface area contributed by atoms with Gasteiger partial charge in [-0.25, -0.2) is 0 Å². The van der Waals surface area contributed by atoms with Crippen molar-refractivity contribution in [3.8, 4) is 5.75 Å². The number of nitrogens with one attached hydrogen (secondary N) is 1. The summed E-state index contributed by atoms with van der Waals surface area (Å²) in [6, 6.07) is 5.88. The quantitative estimate of drug-likeness (QED) is 0.525. The zero-order valence-electron chi connectivity index (χ0n) is 18.3. The van der Waals surface area contributed by atoms with Crippen LogP contribution in [-0.2, 0) is 19.4 Å². The van der Waals surface area contributed by atoms with E-state index in [2.05, 4.69) is 38.4 Å². The maximum Gasteiger partial charge on any atom is 0.278 e. The molecule has 0 saturated heterocycles. The van der Waals surface area contributed by atoms with E-state index in [1.165, 1.54) is 0 Å². The summed E-state index contributed by atoms with van der Waals surface area (Å²) in [5.41, 5.74) is 4.68. The van der Waals surface area contributed by atoms with Crippen molar-refractivity contribution >= 4 is 27.5 Å². The molecule has 1 aliphatic carbocycles. The van der Waals surface area contributed by atoms with Crippen LogP contribution in [-0.4, -0.2) is 28.0 Å². The summed E-state index contributed by atoms with van der Waals surface area (Å²) < 4.78 is 13.8. The third kappa shape index (κ3) is 4.26. The zero-order chi connectivity index (χ0) is 22.1. The van der Waals surface area contributed by atoms with Gasteiger partial charge < -0.3 is 14.6 Å². The molecule has 1 N–H and O–H groups in total. The fourth-order valence-corrected chi connectivity index (χ4v) is 4.65. The second-order valence-electron chi connectivity index (χ2n) is 8.06.